The molecule has 0 aliphatic carbocycles. The van der Waals surface area contributed by atoms with E-state index < -0.39 is 0 Å². The maximum Gasteiger partial charge on any atom is 0.126 e. The summed E-state index contributed by atoms with van der Waals surface area (Å²) in [5, 5.41) is 0. The molecule has 0 aliphatic rings. The molecule has 0 saturated heterocycles. The normalized spacial score (nSPS) is 12.3. The fourth-order valence-electron chi connectivity index (χ4n) is 2.13. The predicted molar refractivity (Wildman–Crippen MR) is 82.6 cm³/mol. The van der Waals surface area contributed by atoms with Gasteiger partial charge in [0.1, 0.15) is 11.6 Å². The van der Waals surface area contributed by atoms with Gasteiger partial charge in [-0.3, -0.25) is 0 Å². The van der Waals surface area contributed by atoms with E-state index >= 15 is 0 Å². The van der Waals surface area contributed by atoms with Gasteiger partial charge >= 0.3 is 0 Å². The summed E-state index contributed by atoms with van der Waals surface area (Å²) in [5.41, 5.74) is 9.70. The van der Waals surface area contributed by atoms with Crippen molar-refractivity contribution in [2.45, 2.75) is 19.9 Å². The van der Waals surface area contributed by atoms with E-state index in [1.165, 1.54) is 6.07 Å². The van der Waals surface area contributed by atoms with Crippen LogP contribution in [0.3, 0.4) is 0 Å². The van der Waals surface area contributed by atoms with Crippen molar-refractivity contribution in [1.29, 1.82) is 0 Å². The highest BCUT2D eigenvalue weighted by atomic mass is 79.9. The maximum absolute atomic E-state index is 13.4. The highest BCUT2D eigenvalue weighted by molar-refractivity contribution is 9.10. The molecule has 0 amide bonds. The van der Waals surface area contributed by atoms with Crippen LogP contribution in [0.15, 0.2) is 34.8 Å². The molecule has 0 bridgehead atoms. The fourth-order valence-corrected chi connectivity index (χ4v) is 2.49. The molecule has 0 radical (unpaired) electrons. The van der Waals surface area contributed by atoms with Crippen molar-refractivity contribution < 1.29 is 9.13 Å². The molecule has 1 atom stereocenters. The standard InChI is InChI=1S/C16H17BrFNO/c1-9-7-15(20-3)12(8-13(9)17)16(19)11-4-5-14(18)10(2)6-11/h4-8,16H,19H2,1-3H3. The summed E-state index contributed by atoms with van der Waals surface area (Å²) in [4.78, 5) is 0. The Morgan fingerprint density at radius 1 is 1.15 bits per heavy atom. The number of methoxy groups -OCH3 is 1. The second-order valence-corrected chi connectivity index (χ2v) is 5.68. The van der Waals surface area contributed by atoms with Crippen LogP contribution >= 0.6 is 15.9 Å². The first kappa shape index (κ1) is 15.0. The van der Waals surface area contributed by atoms with Gasteiger partial charge in [0.05, 0.1) is 13.2 Å². The van der Waals surface area contributed by atoms with Crippen LogP contribution < -0.4 is 10.5 Å². The third-order valence-electron chi connectivity index (χ3n) is 3.39. The van der Waals surface area contributed by atoms with Crippen LogP contribution in [0.1, 0.15) is 28.3 Å². The summed E-state index contributed by atoms with van der Waals surface area (Å²) < 4.78 is 19.7. The molecule has 2 rings (SSSR count). The van der Waals surface area contributed by atoms with E-state index in [0.717, 1.165) is 26.9 Å². The van der Waals surface area contributed by atoms with Crippen LogP contribution in [-0.4, -0.2) is 7.11 Å². The smallest absolute Gasteiger partial charge is 0.126 e. The lowest BCUT2D eigenvalue weighted by atomic mass is 9.96. The van der Waals surface area contributed by atoms with E-state index in [4.69, 9.17) is 10.5 Å². The van der Waals surface area contributed by atoms with Crippen molar-refractivity contribution in [2.24, 2.45) is 5.73 Å². The summed E-state index contributed by atoms with van der Waals surface area (Å²) in [5.74, 6) is 0.512. The van der Waals surface area contributed by atoms with Crippen molar-refractivity contribution in [3.8, 4) is 5.75 Å². The molecule has 2 aromatic rings. The topological polar surface area (TPSA) is 35.2 Å². The van der Waals surface area contributed by atoms with E-state index in [1.807, 2.05) is 19.1 Å². The van der Waals surface area contributed by atoms with Crippen LogP contribution in [0, 0.1) is 19.7 Å². The van der Waals surface area contributed by atoms with Gasteiger partial charge in [0, 0.05) is 10.0 Å². The molecule has 0 aromatic heterocycles. The predicted octanol–water partition coefficient (Wildman–Crippen LogP) is 4.26. The first-order valence-electron chi connectivity index (χ1n) is 6.29. The number of ether oxygens (including phenoxy) is 1. The van der Waals surface area contributed by atoms with Gasteiger partial charge < -0.3 is 10.5 Å². The lowest BCUT2D eigenvalue weighted by Crippen LogP contribution is -2.14. The zero-order valence-corrected chi connectivity index (χ0v) is 13.3. The zero-order chi connectivity index (χ0) is 14.9. The van der Waals surface area contributed by atoms with Crippen molar-refractivity contribution in [3.63, 3.8) is 0 Å². The summed E-state index contributed by atoms with van der Waals surface area (Å²) in [6.45, 7) is 3.72. The number of halogens is 2. The molecule has 0 spiro atoms. The number of hydrogen-bond acceptors (Lipinski definition) is 2. The number of nitrogens with two attached hydrogens (primary N) is 1. The Balaban J connectivity index is 2.49. The lowest BCUT2D eigenvalue weighted by Gasteiger charge is -2.18. The van der Waals surface area contributed by atoms with E-state index in [2.05, 4.69) is 15.9 Å². The Morgan fingerprint density at radius 3 is 2.45 bits per heavy atom. The molecule has 0 saturated carbocycles. The van der Waals surface area contributed by atoms with Crippen molar-refractivity contribution in [2.75, 3.05) is 7.11 Å². The van der Waals surface area contributed by atoms with Gasteiger partial charge in [-0.1, -0.05) is 28.1 Å². The van der Waals surface area contributed by atoms with Crippen LogP contribution in [0.25, 0.3) is 0 Å². The third kappa shape index (κ3) is 2.86. The van der Waals surface area contributed by atoms with Gasteiger partial charge in [-0.05, 0) is 48.7 Å². The number of aryl methyl sites for hydroxylation is 2. The Bertz CT molecular complexity index is 643. The quantitative estimate of drug-likeness (QED) is 0.907. The molecule has 106 valence electrons. The van der Waals surface area contributed by atoms with Crippen molar-refractivity contribution in [1.82, 2.24) is 0 Å². The number of hydrogen-bond donors (Lipinski definition) is 1. The highest BCUT2D eigenvalue weighted by Crippen LogP contribution is 2.33. The average Bonchev–Trinajstić information content (AvgIpc) is 2.43. The van der Waals surface area contributed by atoms with Crippen molar-refractivity contribution >= 4 is 15.9 Å². The van der Waals surface area contributed by atoms with Gasteiger partial charge in [0.15, 0.2) is 0 Å². The molecular formula is C16H17BrFNO. The monoisotopic (exact) mass is 337 g/mol. The molecule has 20 heavy (non-hydrogen) atoms. The fraction of sp³-hybridized carbons (Fsp3) is 0.250. The summed E-state index contributed by atoms with van der Waals surface area (Å²) >= 11 is 3.51. The van der Waals surface area contributed by atoms with Gasteiger partial charge in [-0.2, -0.15) is 0 Å². The third-order valence-corrected chi connectivity index (χ3v) is 4.24. The molecule has 0 fully saturated rings. The molecule has 2 N–H and O–H groups in total. The van der Waals surface area contributed by atoms with Gasteiger partial charge in [-0.15, -0.1) is 0 Å². The molecule has 0 aliphatic heterocycles. The highest BCUT2D eigenvalue weighted by Gasteiger charge is 2.16. The number of rotatable bonds is 3. The number of benzene rings is 2. The van der Waals surface area contributed by atoms with E-state index in [-0.39, 0.29) is 11.9 Å². The summed E-state index contributed by atoms with van der Waals surface area (Å²) in [7, 11) is 1.62. The first-order valence-corrected chi connectivity index (χ1v) is 7.09. The lowest BCUT2D eigenvalue weighted by molar-refractivity contribution is 0.407. The van der Waals surface area contributed by atoms with E-state index in [9.17, 15) is 4.39 Å². The van der Waals surface area contributed by atoms with Crippen LogP contribution in [0.5, 0.6) is 5.75 Å². The molecule has 0 heterocycles. The average molecular weight is 338 g/mol. The van der Waals surface area contributed by atoms with E-state index in [1.54, 1.807) is 26.2 Å². The molecule has 4 heteroatoms. The van der Waals surface area contributed by atoms with Gasteiger partial charge in [0.2, 0.25) is 0 Å². The SMILES string of the molecule is COc1cc(C)c(Br)cc1C(N)c1ccc(F)c(C)c1. The molecular weight excluding hydrogens is 321 g/mol. The molecule has 1 unspecified atom stereocenters. The Labute approximate surface area is 126 Å². The second kappa shape index (κ2) is 5.94. The summed E-state index contributed by atoms with van der Waals surface area (Å²) in [6, 6.07) is 8.46. The second-order valence-electron chi connectivity index (χ2n) is 4.83. The minimum atomic E-state index is -0.360. The molecule has 2 nitrogen and oxygen atoms in total. The molecule has 2 aromatic carbocycles. The van der Waals surface area contributed by atoms with Crippen molar-refractivity contribution in [3.05, 3.63) is 62.9 Å². The van der Waals surface area contributed by atoms with Gasteiger partial charge in [-0.25, -0.2) is 4.39 Å². The Kier molecular flexibility index (Phi) is 4.45. The van der Waals surface area contributed by atoms with Gasteiger partial charge in [0.25, 0.3) is 0 Å². The van der Waals surface area contributed by atoms with Crippen LogP contribution in [-0.2, 0) is 0 Å². The Hall–Kier alpha value is -1.39. The minimum Gasteiger partial charge on any atom is -0.496 e. The zero-order valence-electron chi connectivity index (χ0n) is 11.7. The maximum atomic E-state index is 13.4. The van der Waals surface area contributed by atoms with Crippen LogP contribution in [0.4, 0.5) is 4.39 Å². The summed E-state index contributed by atoms with van der Waals surface area (Å²) in [6.07, 6.45) is 0. The first-order chi connectivity index (χ1) is 9.43. The van der Waals surface area contributed by atoms with E-state index in [0.29, 0.717) is 5.56 Å². The minimum absolute atomic E-state index is 0.224. The van der Waals surface area contributed by atoms with Crippen LogP contribution in [0.2, 0.25) is 0 Å². The largest absolute Gasteiger partial charge is 0.496 e. The Morgan fingerprint density at radius 2 is 1.85 bits per heavy atom.